The average molecular weight is 264 g/mol. The molecule has 0 aliphatic carbocycles. The Kier molecular flexibility index (Phi) is 5.36. The van der Waals surface area contributed by atoms with Gasteiger partial charge in [-0.05, 0) is 18.4 Å². The van der Waals surface area contributed by atoms with Gasteiger partial charge in [0.15, 0.2) is 0 Å². The molecule has 5 nitrogen and oxygen atoms in total. The number of nitrogens with one attached hydrogen (secondary N) is 1. The summed E-state index contributed by atoms with van der Waals surface area (Å²) in [5.41, 5.74) is 5.46. The number of nitrogens with two attached hydrogens (primary N) is 1. The van der Waals surface area contributed by atoms with E-state index < -0.39 is 10.0 Å². The molecular weight excluding hydrogens is 248 g/mol. The van der Waals surface area contributed by atoms with Crippen molar-refractivity contribution in [3.05, 3.63) is 16.3 Å². The molecule has 1 rings (SSSR count). The Labute approximate surface area is 99.7 Å². The van der Waals surface area contributed by atoms with E-state index in [4.69, 9.17) is 10.5 Å². The molecule has 0 atom stereocenters. The van der Waals surface area contributed by atoms with Crippen molar-refractivity contribution < 1.29 is 13.2 Å². The van der Waals surface area contributed by atoms with Crippen LogP contribution in [0.4, 0.5) is 0 Å². The van der Waals surface area contributed by atoms with E-state index in [-0.39, 0.29) is 18.0 Å². The third-order valence-electron chi connectivity index (χ3n) is 1.92. The highest BCUT2D eigenvalue weighted by atomic mass is 32.2. The predicted octanol–water partition coefficient (Wildman–Crippen LogP) is 0.522. The molecule has 0 aliphatic rings. The molecule has 92 valence electrons. The van der Waals surface area contributed by atoms with E-state index >= 15 is 0 Å². The zero-order chi connectivity index (χ0) is 12.0. The highest BCUT2D eigenvalue weighted by molar-refractivity contribution is 7.89. The van der Waals surface area contributed by atoms with E-state index in [1.165, 1.54) is 11.3 Å². The molecule has 0 fully saturated rings. The predicted molar refractivity (Wildman–Crippen MR) is 63.9 cm³/mol. The van der Waals surface area contributed by atoms with Crippen LogP contribution in [0.5, 0.6) is 0 Å². The van der Waals surface area contributed by atoms with Crippen molar-refractivity contribution in [3.63, 3.8) is 0 Å². The number of rotatable bonds is 7. The fourth-order valence-corrected chi connectivity index (χ4v) is 3.53. The molecule has 1 aromatic rings. The maximum atomic E-state index is 11.8. The van der Waals surface area contributed by atoms with Crippen LogP contribution in [-0.2, 0) is 21.3 Å². The van der Waals surface area contributed by atoms with Crippen LogP contribution in [0.15, 0.2) is 16.3 Å². The zero-order valence-corrected chi connectivity index (χ0v) is 10.7. The first-order chi connectivity index (χ1) is 7.61. The maximum absolute atomic E-state index is 11.8. The zero-order valence-electron chi connectivity index (χ0n) is 9.10. The summed E-state index contributed by atoms with van der Waals surface area (Å²) in [6.45, 7) is 3.32. The Balaban J connectivity index is 2.64. The second-order valence-electron chi connectivity index (χ2n) is 3.01. The van der Waals surface area contributed by atoms with Crippen LogP contribution in [0, 0.1) is 0 Å². The largest absolute Gasteiger partial charge is 0.380 e. The van der Waals surface area contributed by atoms with Crippen LogP contribution in [0.3, 0.4) is 0 Å². The van der Waals surface area contributed by atoms with Crippen molar-refractivity contribution in [3.8, 4) is 0 Å². The third kappa shape index (κ3) is 3.53. The van der Waals surface area contributed by atoms with Gasteiger partial charge in [0.1, 0.15) is 0 Å². The van der Waals surface area contributed by atoms with Gasteiger partial charge in [0.2, 0.25) is 10.0 Å². The minimum Gasteiger partial charge on any atom is -0.380 e. The summed E-state index contributed by atoms with van der Waals surface area (Å²) in [5, 5.41) is 1.72. The van der Waals surface area contributed by atoms with Crippen LogP contribution in [0.2, 0.25) is 0 Å². The van der Waals surface area contributed by atoms with Gasteiger partial charge >= 0.3 is 0 Å². The third-order valence-corrected chi connectivity index (χ3v) is 4.54. The first-order valence-electron chi connectivity index (χ1n) is 4.95. The van der Waals surface area contributed by atoms with Gasteiger partial charge in [0.05, 0.1) is 11.5 Å². The average Bonchev–Trinajstić information content (AvgIpc) is 2.73. The van der Waals surface area contributed by atoms with Crippen molar-refractivity contribution >= 4 is 21.4 Å². The lowest BCUT2D eigenvalue weighted by Gasteiger charge is -2.06. The van der Waals surface area contributed by atoms with Crippen molar-refractivity contribution in [2.75, 3.05) is 19.8 Å². The van der Waals surface area contributed by atoms with Crippen LogP contribution in [0.25, 0.3) is 0 Å². The summed E-state index contributed by atoms with van der Waals surface area (Å²) in [4.78, 5) is 0.945. The van der Waals surface area contributed by atoms with Crippen LogP contribution >= 0.6 is 11.3 Å². The molecule has 16 heavy (non-hydrogen) atoms. The summed E-state index contributed by atoms with van der Waals surface area (Å²) < 4.78 is 31.2. The van der Waals surface area contributed by atoms with Gasteiger partial charge < -0.3 is 10.5 Å². The molecule has 7 heteroatoms. The number of thiophene rings is 1. The number of sulfonamides is 1. The lowest BCUT2D eigenvalue weighted by atomic mass is 10.5. The molecule has 1 heterocycles. The Morgan fingerprint density at radius 1 is 1.56 bits per heavy atom. The lowest BCUT2D eigenvalue weighted by molar-refractivity contribution is 0.153. The summed E-state index contributed by atoms with van der Waals surface area (Å²) in [6.07, 6.45) is 0. The molecule has 0 radical (unpaired) electrons. The molecule has 0 spiro atoms. The molecule has 0 saturated carbocycles. The fraction of sp³-hybridized carbons (Fsp3) is 0.556. The monoisotopic (exact) mass is 264 g/mol. The lowest BCUT2D eigenvalue weighted by Crippen LogP contribution is -2.28. The molecule has 0 saturated heterocycles. The molecule has 0 unspecified atom stereocenters. The molecule has 0 bridgehead atoms. The summed E-state index contributed by atoms with van der Waals surface area (Å²) in [5.74, 6) is 0. The highest BCUT2D eigenvalue weighted by Crippen LogP contribution is 2.20. The van der Waals surface area contributed by atoms with E-state index in [2.05, 4.69) is 4.72 Å². The highest BCUT2D eigenvalue weighted by Gasteiger charge is 2.18. The van der Waals surface area contributed by atoms with Gasteiger partial charge in [-0.1, -0.05) is 0 Å². The van der Waals surface area contributed by atoms with Gasteiger partial charge in [-0.25, -0.2) is 13.1 Å². The minimum atomic E-state index is -3.44. The second kappa shape index (κ2) is 6.31. The van der Waals surface area contributed by atoms with Crippen LogP contribution in [-0.4, -0.2) is 28.2 Å². The Bertz CT molecular complexity index is 414. The Morgan fingerprint density at radius 2 is 2.31 bits per heavy atom. The fourth-order valence-electron chi connectivity index (χ4n) is 1.19. The van der Waals surface area contributed by atoms with Crippen molar-refractivity contribution in [1.29, 1.82) is 0 Å². The smallest absolute Gasteiger partial charge is 0.241 e. The van der Waals surface area contributed by atoms with Gasteiger partial charge in [0.25, 0.3) is 0 Å². The number of hydrogen-bond acceptors (Lipinski definition) is 5. The van der Waals surface area contributed by atoms with Gasteiger partial charge in [-0.3, -0.25) is 0 Å². The Morgan fingerprint density at radius 3 is 2.94 bits per heavy atom. The van der Waals surface area contributed by atoms with E-state index in [1.807, 2.05) is 6.92 Å². The number of hydrogen-bond donors (Lipinski definition) is 2. The normalized spacial score (nSPS) is 11.9. The van der Waals surface area contributed by atoms with E-state index in [0.29, 0.717) is 18.1 Å². The van der Waals surface area contributed by atoms with Crippen molar-refractivity contribution in [1.82, 2.24) is 4.72 Å². The van der Waals surface area contributed by atoms with E-state index in [0.717, 1.165) is 0 Å². The quantitative estimate of drug-likeness (QED) is 0.704. The SMILES string of the molecule is CCOCCNS(=O)(=O)c1ccsc1CN. The summed E-state index contributed by atoms with van der Waals surface area (Å²) in [6, 6.07) is 1.57. The molecule has 1 aromatic heterocycles. The molecule has 3 N–H and O–H groups in total. The molecule has 0 amide bonds. The Hall–Kier alpha value is -0.470. The minimum absolute atomic E-state index is 0.235. The first-order valence-corrected chi connectivity index (χ1v) is 7.32. The first kappa shape index (κ1) is 13.6. The van der Waals surface area contributed by atoms with Crippen LogP contribution < -0.4 is 10.5 Å². The molecule has 0 aliphatic heterocycles. The van der Waals surface area contributed by atoms with Crippen molar-refractivity contribution in [2.24, 2.45) is 5.73 Å². The standard InChI is InChI=1S/C9H16N2O3S2/c1-2-14-5-4-11-16(12,13)9-3-6-15-8(9)7-10/h3,6,11H,2,4-5,7,10H2,1H3. The molecular formula is C9H16N2O3S2. The van der Waals surface area contributed by atoms with Gasteiger partial charge in [-0.2, -0.15) is 0 Å². The van der Waals surface area contributed by atoms with Crippen LogP contribution in [0.1, 0.15) is 11.8 Å². The second-order valence-corrected chi connectivity index (χ2v) is 5.74. The summed E-state index contributed by atoms with van der Waals surface area (Å²) in [7, 11) is -3.44. The summed E-state index contributed by atoms with van der Waals surface area (Å²) >= 11 is 1.34. The van der Waals surface area contributed by atoms with E-state index in [1.54, 1.807) is 11.4 Å². The van der Waals surface area contributed by atoms with Gasteiger partial charge in [0, 0.05) is 24.6 Å². The van der Waals surface area contributed by atoms with Gasteiger partial charge in [-0.15, -0.1) is 11.3 Å². The topological polar surface area (TPSA) is 81.4 Å². The van der Waals surface area contributed by atoms with Crippen molar-refractivity contribution in [2.45, 2.75) is 18.4 Å². The maximum Gasteiger partial charge on any atom is 0.241 e. The number of ether oxygens (including phenoxy) is 1. The molecule has 0 aromatic carbocycles. The van der Waals surface area contributed by atoms with E-state index in [9.17, 15) is 8.42 Å².